The van der Waals surface area contributed by atoms with Gasteiger partial charge in [0, 0.05) is 11.6 Å². The Morgan fingerprint density at radius 3 is 2.50 bits per heavy atom. The van der Waals surface area contributed by atoms with Gasteiger partial charge < -0.3 is 14.2 Å². The van der Waals surface area contributed by atoms with E-state index in [1.807, 2.05) is 25.1 Å². The highest BCUT2D eigenvalue weighted by Crippen LogP contribution is 2.25. The molecule has 26 heavy (non-hydrogen) atoms. The molecule has 2 aromatic rings. The molecule has 6 heteroatoms. The van der Waals surface area contributed by atoms with Gasteiger partial charge in [0.2, 0.25) is 0 Å². The number of hydrogen-bond acceptors (Lipinski definition) is 5. The second-order valence-electron chi connectivity index (χ2n) is 5.55. The second kappa shape index (κ2) is 9.46. The maximum absolute atomic E-state index is 12.5. The van der Waals surface area contributed by atoms with Gasteiger partial charge in [0.15, 0.2) is 0 Å². The molecule has 0 saturated carbocycles. The summed E-state index contributed by atoms with van der Waals surface area (Å²) in [6, 6.07) is 12.5. The molecule has 6 nitrogen and oxygen atoms in total. The lowest BCUT2D eigenvalue weighted by Crippen LogP contribution is -2.20. The van der Waals surface area contributed by atoms with Gasteiger partial charge in [-0.05, 0) is 37.6 Å². The van der Waals surface area contributed by atoms with E-state index in [1.54, 1.807) is 45.4 Å². The summed E-state index contributed by atoms with van der Waals surface area (Å²) >= 11 is 0. The minimum Gasteiger partial charge on any atom is -0.497 e. The monoisotopic (exact) mass is 356 g/mol. The van der Waals surface area contributed by atoms with Gasteiger partial charge in [0.25, 0.3) is 5.91 Å². The van der Waals surface area contributed by atoms with Crippen LogP contribution in [-0.4, -0.2) is 32.4 Å². The van der Waals surface area contributed by atoms with Crippen molar-refractivity contribution in [3.63, 3.8) is 0 Å². The van der Waals surface area contributed by atoms with Gasteiger partial charge in [-0.15, -0.1) is 0 Å². The Balaban J connectivity index is 2.18. The predicted molar refractivity (Wildman–Crippen MR) is 101 cm³/mol. The summed E-state index contributed by atoms with van der Waals surface area (Å²) in [5.74, 6) is 1.52. The largest absolute Gasteiger partial charge is 0.497 e. The number of para-hydroxylation sites is 1. The van der Waals surface area contributed by atoms with Crippen molar-refractivity contribution >= 4 is 11.6 Å². The SMILES string of the molecule is CCCOc1ccccc1C(=O)NN=C(C)c1ccc(OC)cc1OC. The van der Waals surface area contributed by atoms with Crippen molar-refractivity contribution in [1.82, 2.24) is 5.43 Å². The Labute approximate surface area is 153 Å². The first-order valence-electron chi connectivity index (χ1n) is 8.39. The van der Waals surface area contributed by atoms with Gasteiger partial charge in [0.05, 0.1) is 32.1 Å². The van der Waals surface area contributed by atoms with Crippen molar-refractivity contribution in [1.29, 1.82) is 0 Å². The summed E-state index contributed by atoms with van der Waals surface area (Å²) in [5.41, 5.74) is 4.40. The van der Waals surface area contributed by atoms with Crippen molar-refractivity contribution in [2.45, 2.75) is 20.3 Å². The van der Waals surface area contributed by atoms with Crippen LogP contribution in [0.5, 0.6) is 17.2 Å². The van der Waals surface area contributed by atoms with Crippen LogP contribution in [-0.2, 0) is 0 Å². The maximum Gasteiger partial charge on any atom is 0.275 e. The molecule has 0 heterocycles. The van der Waals surface area contributed by atoms with Crippen LogP contribution in [0.3, 0.4) is 0 Å². The maximum atomic E-state index is 12.5. The molecule has 2 rings (SSSR count). The molecule has 0 radical (unpaired) electrons. The number of rotatable bonds is 8. The second-order valence-corrected chi connectivity index (χ2v) is 5.55. The minimum absolute atomic E-state index is 0.330. The lowest BCUT2D eigenvalue weighted by molar-refractivity contribution is 0.0950. The first-order valence-corrected chi connectivity index (χ1v) is 8.39. The van der Waals surface area contributed by atoms with Crippen molar-refractivity contribution in [3.05, 3.63) is 53.6 Å². The van der Waals surface area contributed by atoms with E-state index in [4.69, 9.17) is 14.2 Å². The van der Waals surface area contributed by atoms with E-state index < -0.39 is 0 Å². The van der Waals surface area contributed by atoms with E-state index in [1.165, 1.54) is 0 Å². The molecular formula is C20H24N2O4. The van der Waals surface area contributed by atoms with Gasteiger partial charge in [-0.1, -0.05) is 19.1 Å². The Bertz CT molecular complexity index is 787. The fraction of sp³-hybridized carbons (Fsp3) is 0.300. The smallest absolute Gasteiger partial charge is 0.275 e. The van der Waals surface area contributed by atoms with Crippen LogP contribution in [0, 0.1) is 0 Å². The number of benzene rings is 2. The van der Waals surface area contributed by atoms with E-state index >= 15 is 0 Å². The predicted octanol–water partition coefficient (Wildman–Crippen LogP) is 3.65. The molecule has 0 aliphatic heterocycles. The molecule has 138 valence electrons. The Hall–Kier alpha value is -3.02. The molecule has 0 unspecified atom stereocenters. The normalized spacial score (nSPS) is 11.0. The van der Waals surface area contributed by atoms with E-state index in [2.05, 4.69) is 10.5 Å². The molecule has 1 amide bonds. The van der Waals surface area contributed by atoms with Gasteiger partial charge >= 0.3 is 0 Å². The summed E-state index contributed by atoms with van der Waals surface area (Å²) in [4.78, 5) is 12.5. The van der Waals surface area contributed by atoms with Crippen LogP contribution in [0.25, 0.3) is 0 Å². The molecule has 0 aliphatic carbocycles. The number of hydrogen-bond donors (Lipinski definition) is 1. The molecule has 0 aromatic heterocycles. The number of carbonyl (C=O) groups is 1. The van der Waals surface area contributed by atoms with Crippen LogP contribution >= 0.6 is 0 Å². The van der Waals surface area contributed by atoms with E-state index in [0.717, 1.165) is 12.0 Å². The van der Waals surface area contributed by atoms with Gasteiger partial charge in [-0.25, -0.2) is 5.43 Å². The Morgan fingerprint density at radius 1 is 1.04 bits per heavy atom. The molecule has 0 saturated heterocycles. The van der Waals surface area contributed by atoms with Crippen molar-refractivity contribution in [3.8, 4) is 17.2 Å². The summed E-state index contributed by atoms with van der Waals surface area (Å²) < 4.78 is 16.2. The lowest BCUT2D eigenvalue weighted by Gasteiger charge is -2.11. The molecule has 2 aromatic carbocycles. The average molecular weight is 356 g/mol. The zero-order chi connectivity index (χ0) is 18.9. The molecular weight excluding hydrogens is 332 g/mol. The number of carbonyl (C=O) groups excluding carboxylic acids is 1. The summed E-state index contributed by atoms with van der Waals surface area (Å²) in [6.07, 6.45) is 0.866. The van der Waals surface area contributed by atoms with E-state index in [0.29, 0.717) is 35.1 Å². The Kier molecular flexibility index (Phi) is 7.02. The van der Waals surface area contributed by atoms with Crippen LogP contribution in [0.2, 0.25) is 0 Å². The minimum atomic E-state index is -0.330. The number of amides is 1. The highest BCUT2D eigenvalue weighted by atomic mass is 16.5. The number of ether oxygens (including phenoxy) is 3. The standard InChI is InChI=1S/C20H24N2O4/c1-5-12-26-18-9-7-6-8-17(18)20(23)22-21-14(2)16-11-10-15(24-3)13-19(16)25-4/h6-11,13H,5,12H2,1-4H3,(H,22,23). The summed E-state index contributed by atoms with van der Waals surface area (Å²) in [5, 5.41) is 4.20. The number of methoxy groups -OCH3 is 2. The van der Waals surface area contributed by atoms with Crippen molar-refractivity contribution in [2.24, 2.45) is 5.10 Å². The molecule has 1 N–H and O–H groups in total. The zero-order valence-corrected chi connectivity index (χ0v) is 15.5. The highest BCUT2D eigenvalue weighted by molar-refractivity contribution is 6.03. The third-order valence-corrected chi connectivity index (χ3v) is 3.72. The topological polar surface area (TPSA) is 69.2 Å². The summed E-state index contributed by atoms with van der Waals surface area (Å²) in [6.45, 7) is 4.36. The summed E-state index contributed by atoms with van der Waals surface area (Å²) in [7, 11) is 3.17. The third kappa shape index (κ3) is 4.75. The lowest BCUT2D eigenvalue weighted by atomic mass is 10.1. The van der Waals surface area contributed by atoms with E-state index in [9.17, 15) is 4.79 Å². The number of nitrogens with zero attached hydrogens (tertiary/aromatic N) is 1. The molecule has 0 bridgehead atoms. The van der Waals surface area contributed by atoms with Crippen LogP contribution in [0.1, 0.15) is 36.2 Å². The van der Waals surface area contributed by atoms with Gasteiger partial charge in [-0.3, -0.25) is 4.79 Å². The van der Waals surface area contributed by atoms with Gasteiger partial charge in [0.1, 0.15) is 17.2 Å². The van der Waals surface area contributed by atoms with Crippen LogP contribution in [0.15, 0.2) is 47.6 Å². The zero-order valence-electron chi connectivity index (χ0n) is 15.5. The number of hydrazone groups is 1. The highest BCUT2D eigenvalue weighted by Gasteiger charge is 2.13. The fourth-order valence-electron chi connectivity index (χ4n) is 2.34. The quantitative estimate of drug-likeness (QED) is 0.579. The molecule has 0 atom stereocenters. The van der Waals surface area contributed by atoms with E-state index in [-0.39, 0.29) is 5.91 Å². The molecule has 0 fully saturated rings. The first kappa shape index (κ1) is 19.3. The average Bonchev–Trinajstić information content (AvgIpc) is 2.69. The first-order chi connectivity index (χ1) is 12.6. The fourth-order valence-corrected chi connectivity index (χ4v) is 2.34. The number of nitrogens with one attached hydrogen (secondary N) is 1. The van der Waals surface area contributed by atoms with Crippen LogP contribution < -0.4 is 19.6 Å². The Morgan fingerprint density at radius 2 is 1.81 bits per heavy atom. The van der Waals surface area contributed by atoms with Gasteiger partial charge in [-0.2, -0.15) is 5.10 Å². The molecule has 0 spiro atoms. The van der Waals surface area contributed by atoms with Crippen LogP contribution in [0.4, 0.5) is 0 Å². The van der Waals surface area contributed by atoms with Crippen molar-refractivity contribution < 1.29 is 19.0 Å². The molecule has 0 aliphatic rings. The van der Waals surface area contributed by atoms with Crippen molar-refractivity contribution in [2.75, 3.05) is 20.8 Å². The third-order valence-electron chi connectivity index (χ3n) is 3.72.